The Morgan fingerprint density at radius 3 is 2.77 bits per heavy atom. The number of hydrogen-bond donors (Lipinski definition) is 2. The highest BCUT2D eigenvalue weighted by Crippen LogP contribution is 2.27. The monoisotopic (exact) mass is 442 g/mol. The number of carbonyl (C=O) groups is 1. The number of benzene rings is 1. The number of aryl methyl sites for hydroxylation is 1. The molecule has 1 aliphatic rings. The molecule has 1 fully saturated rings. The molecule has 1 saturated heterocycles. The van der Waals surface area contributed by atoms with Crippen LogP contribution in [0.3, 0.4) is 0 Å². The van der Waals surface area contributed by atoms with Gasteiger partial charge in [0, 0.05) is 21.5 Å². The van der Waals surface area contributed by atoms with Crippen molar-refractivity contribution in [2.24, 2.45) is 0 Å². The largest absolute Gasteiger partial charge is 0.444 e. The third kappa shape index (κ3) is 4.05. The molecule has 3 heterocycles. The van der Waals surface area contributed by atoms with Crippen LogP contribution in [-0.2, 0) is 4.74 Å². The number of anilines is 2. The standard InChI is InChI=1S/C21H23ClN6O3/c1-5-17-11(3)31-21(30)28(17)20-25-12(4)24-19(27-20)23-10(2)15-9-13-8-14(22)6-7-16(13)26-18(15)29/h6-11,17H,5H2,1-4H3,(H,26,29)(H,23,24,25,27)/t10-,11-,17-/m0/s1. The zero-order valence-electron chi connectivity index (χ0n) is 17.6. The van der Waals surface area contributed by atoms with Crippen LogP contribution in [0.15, 0.2) is 29.1 Å². The topological polar surface area (TPSA) is 113 Å². The van der Waals surface area contributed by atoms with E-state index < -0.39 is 12.1 Å². The van der Waals surface area contributed by atoms with Gasteiger partial charge in [-0.1, -0.05) is 18.5 Å². The third-order valence-corrected chi connectivity index (χ3v) is 5.61. The van der Waals surface area contributed by atoms with Gasteiger partial charge in [0.05, 0.1) is 12.1 Å². The molecule has 162 valence electrons. The van der Waals surface area contributed by atoms with Crippen LogP contribution in [0.5, 0.6) is 0 Å². The molecular formula is C21H23ClN6O3. The molecule has 3 aromatic rings. The van der Waals surface area contributed by atoms with E-state index in [0.29, 0.717) is 28.3 Å². The Hall–Kier alpha value is -3.20. The average Bonchev–Trinajstić information content (AvgIpc) is 3.00. The van der Waals surface area contributed by atoms with Crippen LogP contribution in [-0.4, -0.2) is 38.2 Å². The van der Waals surface area contributed by atoms with Crippen molar-refractivity contribution in [2.45, 2.75) is 52.3 Å². The van der Waals surface area contributed by atoms with E-state index in [0.717, 1.165) is 5.39 Å². The van der Waals surface area contributed by atoms with Gasteiger partial charge < -0.3 is 15.0 Å². The molecule has 0 bridgehead atoms. The Balaban J connectivity index is 1.66. The van der Waals surface area contributed by atoms with Gasteiger partial charge in [-0.2, -0.15) is 15.0 Å². The van der Waals surface area contributed by atoms with Crippen LogP contribution in [0.25, 0.3) is 10.9 Å². The van der Waals surface area contributed by atoms with Crippen molar-refractivity contribution in [3.63, 3.8) is 0 Å². The lowest BCUT2D eigenvalue weighted by atomic mass is 10.1. The van der Waals surface area contributed by atoms with E-state index in [-0.39, 0.29) is 29.6 Å². The summed E-state index contributed by atoms with van der Waals surface area (Å²) in [4.78, 5) is 42.4. The van der Waals surface area contributed by atoms with Crippen molar-refractivity contribution in [3.05, 3.63) is 51.0 Å². The molecule has 0 unspecified atom stereocenters. The van der Waals surface area contributed by atoms with E-state index >= 15 is 0 Å². The average molecular weight is 443 g/mol. The molecule has 1 aliphatic heterocycles. The summed E-state index contributed by atoms with van der Waals surface area (Å²) in [5.41, 5.74) is 0.995. The number of ether oxygens (including phenoxy) is 1. The molecule has 2 N–H and O–H groups in total. The van der Waals surface area contributed by atoms with Gasteiger partial charge in [0.2, 0.25) is 11.9 Å². The Bertz CT molecular complexity index is 1210. The van der Waals surface area contributed by atoms with Gasteiger partial charge in [-0.05, 0) is 51.5 Å². The second-order valence-electron chi connectivity index (χ2n) is 7.59. The Labute approximate surface area is 183 Å². The number of hydrogen-bond acceptors (Lipinski definition) is 7. The first-order chi connectivity index (χ1) is 14.8. The fourth-order valence-electron chi connectivity index (χ4n) is 3.81. The number of carbonyl (C=O) groups excluding carboxylic acids is 1. The number of aromatic amines is 1. The van der Waals surface area contributed by atoms with E-state index in [1.165, 1.54) is 4.90 Å². The van der Waals surface area contributed by atoms with E-state index in [1.54, 1.807) is 31.2 Å². The van der Waals surface area contributed by atoms with Crippen LogP contribution in [0.4, 0.5) is 16.7 Å². The lowest BCUT2D eigenvalue weighted by molar-refractivity contribution is 0.141. The predicted molar refractivity (Wildman–Crippen MR) is 119 cm³/mol. The van der Waals surface area contributed by atoms with Gasteiger partial charge in [-0.15, -0.1) is 0 Å². The summed E-state index contributed by atoms with van der Waals surface area (Å²) >= 11 is 6.09. The number of cyclic esters (lactones) is 1. The highest BCUT2D eigenvalue weighted by atomic mass is 35.5. The highest BCUT2D eigenvalue weighted by Gasteiger charge is 2.40. The van der Waals surface area contributed by atoms with Crippen molar-refractivity contribution in [2.75, 3.05) is 10.2 Å². The molecule has 3 atom stereocenters. The first-order valence-electron chi connectivity index (χ1n) is 10.1. The molecule has 0 radical (unpaired) electrons. The maximum Gasteiger partial charge on any atom is 0.417 e. The molecule has 31 heavy (non-hydrogen) atoms. The van der Waals surface area contributed by atoms with E-state index in [9.17, 15) is 9.59 Å². The summed E-state index contributed by atoms with van der Waals surface area (Å²) in [5.74, 6) is 0.937. The van der Waals surface area contributed by atoms with Gasteiger partial charge in [-0.3, -0.25) is 4.79 Å². The van der Waals surface area contributed by atoms with E-state index in [1.807, 2.05) is 20.8 Å². The lowest BCUT2D eigenvalue weighted by Gasteiger charge is -2.21. The van der Waals surface area contributed by atoms with Crippen molar-refractivity contribution >= 4 is 40.5 Å². The van der Waals surface area contributed by atoms with Gasteiger partial charge in [0.1, 0.15) is 11.9 Å². The summed E-state index contributed by atoms with van der Waals surface area (Å²) in [7, 11) is 0. The smallest absolute Gasteiger partial charge is 0.417 e. The number of nitrogens with one attached hydrogen (secondary N) is 2. The normalized spacial score (nSPS) is 19.5. The molecule has 9 nitrogen and oxygen atoms in total. The van der Waals surface area contributed by atoms with E-state index in [2.05, 4.69) is 25.3 Å². The molecule has 0 aliphatic carbocycles. The molecule has 10 heteroatoms. The fraction of sp³-hybridized carbons (Fsp3) is 0.381. The zero-order valence-corrected chi connectivity index (χ0v) is 18.4. The van der Waals surface area contributed by atoms with Crippen LogP contribution < -0.4 is 15.8 Å². The van der Waals surface area contributed by atoms with E-state index in [4.69, 9.17) is 16.3 Å². The SMILES string of the molecule is CC[C@H]1[C@H](C)OC(=O)N1c1nc(C)nc(N[C@@H](C)c2cc3cc(Cl)ccc3[nH]c2=O)n1. The molecule has 2 aromatic heterocycles. The molecular weight excluding hydrogens is 420 g/mol. The number of pyridine rings is 1. The quantitative estimate of drug-likeness (QED) is 0.614. The fourth-order valence-corrected chi connectivity index (χ4v) is 3.99. The summed E-state index contributed by atoms with van der Waals surface area (Å²) in [5, 5.41) is 4.55. The molecule has 0 saturated carbocycles. The third-order valence-electron chi connectivity index (χ3n) is 5.37. The van der Waals surface area contributed by atoms with Gasteiger partial charge >= 0.3 is 6.09 Å². The number of fused-ring (bicyclic) bond motifs is 1. The Morgan fingerprint density at radius 2 is 2.03 bits per heavy atom. The molecule has 1 amide bonds. The number of H-pyrrole nitrogens is 1. The van der Waals surface area contributed by atoms with Crippen molar-refractivity contribution < 1.29 is 9.53 Å². The lowest BCUT2D eigenvalue weighted by Crippen LogP contribution is -2.37. The van der Waals surface area contributed by atoms with Gasteiger partial charge in [0.25, 0.3) is 5.56 Å². The molecule has 4 rings (SSSR count). The number of halogens is 1. The van der Waals surface area contributed by atoms with Crippen LogP contribution >= 0.6 is 11.6 Å². The summed E-state index contributed by atoms with van der Waals surface area (Å²) in [6, 6.07) is 6.51. The first-order valence-corrected chi connectivity index (χ1v) is 10.5. The summed E-state index contributed by atoms with van der Waals surface area (Å²) < 4.78 is 5.34. The minimum Gasteiger partial charge on any atom is -0.444 e. The maximum atomic E-state index is 12.6. The minimum absolute atomic E-state index is 0.160. The van der Waals surface area contributed by atoms with Crippen LogP contribution in [0.2, 0.25) is 5.02 Å². The summed E-state index contributed by atoms with van der Waals surface area (Å²) in [6.07, 6.45) is -0.0362. The number of rotatable bonds is 5. The van der Waals surface area contributed by atoms with Crippen molar-refractivity contribution in [1.82, 2.24) is 19.9 Å². The molecule has 1 aromatic carbocycles. The molecule has 0 spiro atoms. The highest BCUT2D eigenvalue weighted by molar-refractivity contribution is 6.31. The van der Waals surface area contributed by atoms with Crippen LogP contribution in [0.1, 0.15) is 44.6 Å². The maximum absolute atomic E-state index is 12.6. The first kappa shape index (κ1) is 21.0. The second-order valence-corrected chi connectivity index (χ2v) is 8.03. The minimum atomic E-state index is -0.480. The second kappa shape index (κ2) is 8.14. The van der Waals surface area contributed by atoms with Gasteiger partial charge in [0.15, 0.2) is 0 Å². The van der Waals surface area contributed by atoms with Crippen LogP contribution in [0, 0.1) is 6.92 Å². The number of nitrogens with zero attached hydrogens (tertiary/aromatic N) is 4. The van der Waals surface area contributed by atoms with Gasteiger partial charge in [-0.25, -0.2) is 9.69 Å². The Morgan fingerprint density at radius 1 is 1.26 bits per heavy atom. The van der Waals surface area contributed by atoms with Crippen molar-refractivity contribution in [3.8, 4) is 0 Å². The number of aromatic nitrogens is 4. The number of amides is 1. The Kier molecular flexibility index (Phi) is 5.53. The van der Waals surface area contributed by atoms with Crippen molar-refractivity contribution in [1.29, 1.82) is 0 Å². The zero-order chi connectivity index (χ0) is 22.3. The predicted octanol–water partition coefficient (Wildman–Crippen LogP) is 3.97. The summed E-state index contributed by atoms with van der Waals surface area (Å²) in [6.45, 7) is 7.38.